The second-order valence-corrected chi connectivity index (χ2v) is 4.67. The smallest absolute Gasteiger partial charge is 0.250 e. The molecule has 1 amide bonds. The minimum absolute atomic E-state index is 0.0165. The van der Waals surface area contributed by atoms with Crippen LogP contribution in [0.25, 0.3) is 10.4 Å². The molecule has 5 heteroatoms. The fourth-order valence-corrected chi connectivity index (χ4v) is 2.40. The molecule has 0 spiro atoms. The Balaban J connectivity index is 2.28. The molecule has 0 unspecified atom stereocenters. The molecule has 0 atom stereocenters. The summed E-state index contributed by atoms with van der Waals surface area (Å²) in [5, 5.41) is 4.72. The van der Waals surface area contributed by atoms with Gasteiger partial charge in [0.1, 0.15) is 6.61 Å². The largest absolute Gasteiger partial charge is 0.397 e. The Kier molecular flexibility index (Phi) is 3.96. The van der Waals surface area contributed by atoms with Gasteiger partial charge in [-0.1, -0.05) is 18.2 Å². The lowest BCUT2D eigenvalue weighted by Crippen LogP contribution is -2.18. The molecule has 1 aromatic heterocycles. The Hall–Kier alpha value is -1.85. The van der Waals surface area contributed by atoms with E-state index in [0.717, 1.165) is 10.4 Å². The number of thiophene rings is 1. The zero-order valence-corrected chi connectivity index (χ0v) is 10.8. The average Bonchev–Trinajstić information content (AvgIpc) is 2.86. The highest BCUT2D eigenvalue weighted by Gasteiger charge is 2.10. The molecule has 0 saturated carbocycles. The molecule has 2 aromatic rings. The van der Waals surface area contributed by atoms with Gasteiger partial charge in [-0.25, -0.2) is 0 Å². The van der Waals surface area contributed by atoms with Crippen molar-refractivity contribution in [1.82, 2.24) is 0 Å². The van der Waals surface area contributed by atoms with Crippen molar-refractivity contribution in [3.8, 4) is 10.4 Å². The first kappa shape index (κ1) is 12.6. The Morgan fingerprint density at radius 2 is 2.22 bits per heavy atom. The number of ether oxygens (including phenoxy) is 1. The second kappa shape index (κ2) is 5.66. The quantitative estimate of drug-likeness (QED) is 0.832. The van der Waals surface area contributed by atoms with Gasteiger partial charge < -0.3 is 15.8 Å². The van der Waals surface area contributed by atoms with E-state index in [4.69, 9.17) is 10.5 Å². The van der Waals surface area contributed by atoms with Crippen LogP contribution in [0, 0.1) is 0 Å². The van der Waals surface area contributed by atoms with Crippen molar-refractivity contribution in [2.45, 2.75) is 0 Å². The summed E-state index contributed by atoms with van der Waals surface area (Å²) >= 11 is 1.61. The number of anilines is 2. The van der Waals surface area contributed by atoms with Crippen molar-refractivity contribution in [1.29, 1.82) is 0 Å². The highest BCUT2D eigenvalue weighted by molar-refractivity contribution is 7.13. The number of amides is 1. The van der Waals surface area contributed by atoms with Gasteiger partial charge >= 0.3 is 0 Å². The minimum atomic E-state index is -0.215. The first-order valence-electron chi connectivity index (χ1n) is 5.43. The van der Waals surface area contributed by atoms with Gasteiger partial charge in [-0.15, -0.1) is 11.3 Å². The lowest BCUT2D eigenvalue weighted by molar-refractivity contribution is -0.119. The van der Waals surface area contributed by atoms with Crippen molar-refractivity contribution in [3.05, 3.63) is 35.7 Å². The van der Waals surface area contributed by atoms with Crippen LogP contribution in [0.4, 0.5) is 11.4 Å². The highest BCUT2D eigenvalue weighted by atomic mass is 32.1. The van der Waals surface area contributed by atoms with Gasteiger partial charge in [0.25, 0.3) is 0 Å². The van der Waals surface area contributed by atoms with E-state index in [1.807, 2.05) is 29.6 Å². The number of carbonyl (C=O) groups is 1. The van der Waals surface area contributed by atoms with E-state index < -0.39 is 0 Å². The van der Waals surface area contributed by atoms with Crippen LogP contribution in [-0.2, 0) is 9.53 Å². The zero-order chi connectivity index (χ0) is 13.0. The van der Waals surface area contributed by atoms with Crippen LogP contribution in [-0.4, -0.2) is 19.6 Å². The summed E-state index contributed by atoms with van der Waals surface area (Å²) in [4.78, 5) is 12.6. The van der Waals surface area contributed by atoms with Gasteiger partial charge in [0.05, 0.1) is 11.4 Å². The molecule has 0 bridgehead atoms. The number of hydrogen-bond donors (Lipinski definition) is 2. The molecule has 2 rings (SSSR count). The molecule has 3 N–H and O–H groups in total. The topological polar surface area (TPSA) is 64.3 Å². The van der Waals surface area contributed by atoms with E-state index in [2.05, 4.69) is 5.32 Å². The summed E-state index contributed by atoms with van der Waals surface area (Å²) in [7, 11) is 1.48. The average molecular weight is 262 g/mol. The molecular formula is C13H14N2O2S. The first-order chi connectivity index (χ1) is 8.72. The molecule has 1 heterocycles. The molecule has 94 valence electrons. The van der Waals surface area contributed by atoms with Gasteiger partial charge in [0.15, 0.2) is 0 Å². The Bertz CT molecular complexity index is 538. The van der Waals surface area contributed by atoms with E-state index in [-0.39, 0.29) is 12.5 Å². The maximum absolute atomic E-state index is 11.5. The van der Waals surface area contributed by atoms with Crippen LogP contribution >= 0.6 is 11.3 Å². The zero-order valence-electron chi connectivity index (χ0n) is 9.97. The summed E-state index contributed by atoms with van der Waals surface area (Å²) in [6, 6.07) is 9.55. The summed E-state index contributed by atoms with van der Waals surface area (Å²) in [6.07, 6.45) is 0. The molecule has 0 saturated heterocycles. The van der Waals surface area contributed by atoms with Gasteiger partial charge in [-0.05, 0) is 17.5 Å². The summed E-state index contributed by atoms with van der Waals surface area (Å²) in [6.45, 7) is 0.0165. The summed E-state index contributed by atoms with van der Waals surface area (Å²) in [5.41, 5.74) is 8.19. The van der Waals surface area contributed by atoms with Gasteiger partial charge in [0, 0.05) is 17.6 Å². The number of benzene rings is 1. The molecule has 18 heavy (non-hydrogen) atoms. The highest BCUT2D eigenvalue weighted by Crippen LogP contribution is 2.34. The maximum atomic E-state index is 11.5. The number of rotatable bonds is 4. The lowest BCUT2D eigenvalue weighted by atomic mass is 10.1. The number of nitrogens with two attached hydrogens (primary N) is 1. The van der Waals surface area contributed by atoms with Crippen molar-refractivity contribution in [2.24, 2.45) is 0 Å². The van der Waals surface area contributed by atoms with E-state index >= 15 is 0 Å². The van der Waals surface area contributed by atoms with Crippen molar-refractivity contribution in [2.75, 3.05) is 24.8 Å². The van der Waals surface area contributed by atoms with E-state index in [1.54, 1.807) is 17.4 Å². The molecule has 0 fully saturated rings. The van der Waals surface area contributed by atoms with Crippen molar-refractivity contribution in [3.63, 3.8) is 0 Å². The summed E-state index contributed by atoms with van der Waals surface area (Å²) < 4.78 is 4.77. The predicted octanol–water partition coefficient (Wildman–Crippen LogP) is 2.58. The second-order valence-electron chi connectivity index (χ2n) is 3.73. The number of carbonyl (C=O) groups excluding carboxylic acids is 1. The lowest BCUT2D eigenvalue weighted by Gasteiger charge is -2.11. The number of para-hydroxylation sites is 1. The van der Waals surface area contributed by atoms with Gasteiger partial charge in [-0.2, -0.15) is 0 Å². The number of nitrogen functional groups attached to an aromatic ring is 1. The van der Waals surface area contributed by atoms with Crippen LogP contribution in [0.15, 0.2) is 35.7 Å². The fraction of sp³-hybridized carbons (Fsp3) is 0.154. The van der Waals surface area contributed by atoms with E-state index in [1.165, 1.54) is 7.11 Å². The van der Waals surface area contributed by atoms with Crippen LogP contribution < -0.4 is 11.1 Å². The fourth-order valence-electron chi connectivity index (χ4n) is 1.64. The van der Waals surface area contributed by atoms with E-state index in [0.29, 0.717) is 11.4 Å². The predicted molar refractivity (Wildman–Crippen MR) is 74.7 cm³/mol. The number of nitrogens with one attached hydrogen (secondary N) is 1. The van der Waals surface area contributed by atoms with E-state index in [9.17, 15) is 4.79 Å². The minimum Gasteiger partial charge on any atom is -0.397 e. The molecule has 4 nitrogen and oxygen atoms in total. The van der Waals surface area contributed by atoms with Gasteiger partial charge in [0.2, 0.25) is 5.91 Å². The molecule has 0 radical (unpaired) electrons. The SMILES string of the molecule is COCC(=O)Nc1cccc(-c2cccs2)c1N. The van der Waals surface area contributed by atoms with Crippen molar-refractivity contribution < 1.29 is 9.53 Å². The van der Waals surface area contributed by atoms with Crippen LogP contribution in [0.3, 0.4) is 0 Å². The summed E-state index contributed by atoms with van der Waals surface area (Å²) in [5.74, 6) is -0.215. The third-order valence-corrected chi connectivity index (χ3v) is 3.35. The Labute approximate surface area is 109 Å². The third kappa shape index (κ3) is 2.69. The van der Waals surface area contributed by atoms with Crippen LogP contribution in [0.1, 0.15) is 0 Å². The Morgan fingerprint density at radius 1 is 1.39 bits per heavy atom. The first-order valence-corrected chi connectivity index (χ1v) is 6.31. The third-order valence-electron chi connectivity index (χ3n) is 2.44. The van der Waals surface area contributed by atoms with Crippen molar-refractivity contribution >= 4 is 28.6 Å². The maximum Gasteiger partial charge on any atom is 0.250 e. The standard InChI is InChI=1S/C13H14N2O2S/c1-17-8-12(16)15-10-5-2-4-9(13(10)14)11-6-3-7-18-11/h2-7H,8,14H2,1H3,(H,15,16). The van der Waals surface area contributed by atoms with Gasteiger partial charge in [-0.3, -0.25) is 4.79 Å². The number of methoxy groups -OCH3 is 1. The number of hydrogen-bond acceptors (Lipinski definition) is 4. The molecular weight excluding hydrogens is 248 g/mol. The molecule has 0 aliphatic rings. The van der Waals surface area contributed by atoms with Crippen LogP contribution in [0.5, 0.6) is 0 Å². The monoisotopic (exact) mass is 262 g/mol. The molecule has 0 aliphatic heterocycles. The normalized spacial score (nSPS) is 10.3. The molecule has 1 aromatic carbocycles. The molecule has 0 aliphatic carbocycles. The Morgan fingerprint density at radius 3 is 2.89 bits per heavy atom. The van der Waals surface area contributed by atoms with Crippen LogP contribution in [0.2, 0.25) is 0 Å².